The van der Waals surface area contributed by atoms with Crippen molar-refractivity contribution in [2.24, 2.45) is 29.1 Å². The highest BCUT2D eigenvalue weighted by Gasteiger charge is 2.52. The number of esters is 1. The van der Waals surface area contributed by atoms with Crippen LogP contribution in [0.25, 0.3) is 0 Å². The van der Waals surface area contributed by atoms with E-state index in [0.717, 1.165) is 23.7 Å². The molecule has 100 valence electrons. The summed E-state index contributed by atoms with van der Waals surface area (Å²) in [5.74, 6) is 3.53. The molecule has 3 fully saturated rings. The Kier molecular flexibility index (Phi) is 2.99. The van der Waals surface area contributed by atoms with E-state index in [1.807, 2.05) is 0 Å². The molecule has 4 unspecified atom stereocenters. The molecule has 0 aromatic heterocycles. The lowest BCUT2D eigenvalue weighted by Crippen LogP contribution is -2.33. The molecule has 0 radical (unpaired) electrons. The van der Waals surface area contributed by atoms with Crippen molar-refractivity contribution in [3.8, 4) is 0 Å². The van der Waals surface area contributed by atoms with Gasteiger partial charge in [-0.25, -0.2) is 4.79 Å². The topological polar surface area (TPSA) is 26.3 Å². The van der Waals surface area contributed by atoms with E-state index < -0.39 is 0 Å². The minimum Gasteiger partial charge on any atom is -0.462 e. The summed E-state index contributed by atoms with van der Waals surface area (Å²) in [6.45, 7) is 6.36. The van der Waals surface area contributed by atoms with Crippen molar-refractivity contribution in [3.05, 3.63) is 12.7 Å². The summed E-state index contributed by atoms with van der Waals surface area (Å²) < 4.78 is 5.32. The minimum atomic E-state index is -0.269. The predicted octanol–water partition coefficient (Wildman–Crippen LogP) is 3.57. The summed E-state index contributed by atoms with van der Waals surface area (Å²) in [5.41, 5.74) is 0.219. The molecule has 2 heteroatoms. The van der Waals surface area contributed by atoms with Gasteiger partial charge in [0.25, 0.3) is 0 Å². The van der Waals surface area contributed by atoms with Crippen LogP contribution >= 0.6 is 0 Å². The Morgan fingerprint density at radius 1 is 1.33 bits per heavy atom. The van der Waals surface area contributed by atoms with E-state index in [1.165, 1.54) is 44.6 Å². The second-order valence-electron chi connectivity index (χ2n) is 7.05. The Labute approximate surface area is 110 Å². The van der Waals surface area contributed by atoms with Crippen molar-refractivity contribution >= 4 is 5.97 Å². The molecule has 0 spiro atoms. The quantitative estimate of drug-likeness (QED) is 0.564. The molecule has 2 bridgehead atoms. The Hall–Kier alpha value is -0.790. The van der Waals surface area contributed by atoms with E-state index in [-0.39, 0.29) is 11.4 Å². The number of ether oxygens (including phenoxy) is 1. The molecule has 3 rings (SSSR count). The normalized spacial score (nSPS) is 45.6. The van der Waals surface area contributed by atoms with Crippen LogP contribution in [0.4, 0.5) is 0 Å². The fourth-order valence-electron chi connectivity index (χ4n) is 5.17. The molecule has 4 atom stereocenters. The molecule has 0 aliphatic heterocycles. The van der Waals surface area contributed by atoms with Gasteiger partial charge in [-0.2, -0.15) is 0 Å². The summed E-state index contributed by atoms with van der Waals surface area (Å²) in [6.07, 6.45) is 9.59. The van der Waals surface area contributed by atoms with E-state index in [1.54, 1.807) is 0 Å². The third-order valence-electron chi connectivity index (χ3n) is 5.68. The van der Waals surface area contributed by atoms with Crippen LogP contribution in [0.15, 0.2) is 12.7 Å². The lowest BCUT2D eigenvalue weighted by Gasteiger charge is -2.38. The Morgan fingerprint density at radius 3 is 2.50 bits per heavy atom. The third kappa shape index (κ3) is 2.00. The highest BCUT2D eigenvalue weighted by atomic mass is 16.5. The van der Waals surface area contributed by atoms with Crippen molar-refractivity contribution in [2.75, 3.05) is 6.61 Å². The first-order valence-corrected chi connectivity index (χ1v) is 7.40. The van der Waals surface area contributed by atoms with E-state index in [9.17, 15) is 4.79 Å². The number of hydrogen-bond acceptors (Lipinski definition) is 2. The van der Waals surface area contributed by atoms with Gasteiger partial charge in [-0.1, -0.05) is 19.9 Å². The van der Waals surface area contributed by atoms with Gasteiger partial charge in [0.15, 0.2) is 0 Å². The summed E-state index contributed by atoms with van der Waals surface area (Å²) >= 11 is 0. The standard InChI is InChI=1S/C16H24O2/c1-3-15(17)18-10-16(2)8-11-7-12(9-16)14-6-4-5-13(11)14/h3,11-14H,1,4-10H2,2H3. The molecule has 0 heterocycles. The van der Waals surface area contributed by atoms with E-state index in [0.29, 0.717) is 6.61 Å². The van der Waals surface area contributed by atoms with Gasteiger partial charge in [0, 0.05) is 11.5 Å². The maximum Gasteiger partial charge on any atom is 0.330 e. The van der Waals surface area contributed by atoms with Crippen molar-refractivity contribution in [1.29, 1.82) is 0 Å². The predicted molar refractivity (Wildman–Crippen MR) is 70.9 cm³/mol. The van der Waals surface area contributed by atoms with E-state index in [2.05, 4.69) is 13.5 Å². The summed E-state index contributed by atoms with van der Waals surface area (Å²) in [5, 5.41) is 0. The first-order valence-electron chi connectivity index (χ1n) is 7.40. The molecule has 0 saturated heterocycles. The minimum absolute atomic E-state index is 0.219. The maximum absolute atomic E-state index is 11.2. The highest BCUT2D eigenvalue weighted by Crippen LogP contribution is 2.60. The van der Waals surface area contributed by atoms with Gasteiger partial charge in [-0.05, 0) is 55.8 Å². The zero-order valence-corrected chi connectivity index (χ0v) is 11.4. The van der Waals surface area contributed by atoms with Crippen molar-refractivity contribution in [2.45, 2.75) is 45.4 Å². The third-order valence-corrected chi connectivity index (χ3v) is 5.68. The van der Waals surface area contributed by atoms with Crippen LogP contribution in [0.3, 0.4) is 0 Å². The molecule has 3 aliphatic carbocycles. The smallest absolute Gasteiger partial charge is 0.330 e. The van der Waals surface area contributed by atoms with Gasteiger partial charge >= 0.3 is 5.97 Å². The molecule has 2 nitrogen and oxygen atoms in total. The highest BCUT2D eigenvalue weighted by molar-refractivity contribution is 5.81. The number of hydrogen-bond donors (Lipinski definition) is 0. The molecule has 0 N–H and O–H groups in total. The van der Waals surface area contributed by atoms with Gasteiger partial charge in [-0.15, -0.1) is 0 Å². The van der Waals surface area contributed by atoms with Crippen LogP contribution in [0.5, 0.6) is 0 Å². The molecule has 0 aromatic rings. The monoisotopic (exact) mass is 248 g/mol. The summed E-state index contributed by atoms with van der Waals surface area (Å²) in [4.78, 5) is 11.2. The summed E-state index contributed by atoms with van der Waals surface area (Å²) in [6, 6.07) is 0. The van der Waals surface area contributed by atoms with Crippen LogP contribution in [-0.2, 0) is 9.53 Å². The molecular formula is C16H24O2. The number of carbonyl (C=O) groups excluding carboxylic acids is 1. The lowest BCUT2D eigenvalue weighted by atomic mass is 9.69. The van der Waals surface area contributed by atoms with Crippen LogP contribution < -0.4 is 0 Å². The molecule has 18 heavy (non-hydrogen) atoms. The average molecular weight is 248 g/mol. The van der Waals surface area contributed by atoms with E-state index >= 15 is 0 Å². The average Bonchev–Trinajstić information content (AvgIpc) is 2.92. The Morgan fingerprint density at radius 2 is 1.94 bits per heavy atom. The maximum atomic E-state index is 11.2. The van der Waals surface area contributed by atoms with Gasteiger partial charge in [-0.3, -0.25) is 0 Å². The second kappa shape index (κ2) is 4.40. The fraction of sp³-hybridized carbons (Fsp3) is 0.812. The van der Waals surface area contributed by atoms with Gasteiger partial charge in [0.2, 0.25) is 0 Å². The lowest BCUT2D eigenvalue weighted by molar-refractivity contribution is -0.142. The first-order chi connectivity index (χ1) is 8.61. The van der Waals surface area contributed by atoms with Crippen molar-refractivity contribution < 1.29 is 9.53 Å². The van der Waals surface area contributed by atoms with Crippen LogP contribution in [-0.4, -0.2) is 12.6 Å². The van der Waals surface area contributed by atoms with Crippen LogP contribution in [0, 0.1) is 29.1 Å². The summed E-state index contributed by atoms with van der Waals surface area (Å²) in [7, 11) is 0. The van der Waals surface area contributed by atoms with Gasteiger partial charge in [0.05, 0.1) is 6.61 Å². The van der Waals surface area contributed by atoms with Crippen LogP contribution in [0.2, 0.25) is 0 Å². The van der Waals surface area contributed by atoms with Crippen molar-refractivity contribution in [1.82, 2.24) is 0 Å². The second-order valence-corrected chi connectivity index (χ2v) is 7.05. The largest absolute Gasteiger partial charge is 0.462 e. The van der Waals surface area contributed by atoms with Crippen molar-refractivity contribution in [3.63, 3.8) is 0 Å². The molecule has 0 amide bonds. The van der Waals surface area contributed by atoms with Crippen LogP contribution in [0.1, 0.15) is 45.4 Å². The number of fused-ring (bicyclic) bond motifs is 5. The van der Waals surface area contributed by atoms with Gasteiger partial charge in [0.1, 0.15) is 0 Å². The first kappa shape index (κ1) is 12.3. The Balaban J connectivity index is 1.66. The van der Waals surface area contributed by atoms with Gasteiger partial charge < -0.3 is 4.74 Å². The fourth-order valence-corrected chi connectivity index (χ4v) is 5.17. The Bertz CT molecular complexity index is 342. The number of carbonyl (C=O) groups is 1. The van der Waals surface area contributed by atoms with E-state index in [4.69, 9.17) is 4.74 Å². The molecule has 3 aliphatic rings. The SMILES string of the molecule is C=CC(=O)OCC1(C)CC2CC(C1)C1CCCC21. The number of rotatable bonds is 3. The molecule has 0 aromatic carbocycles. The zero-order valence-electron chi connectivity index (χ0n) is 11.4. The molecular weight excluding hydrogens is 224 g/mol. The zero-order chi connectivity index (χ0) is 12.8. The molecule has 3 saturated carbocycles.